The first-order valence-corrected chi connectivity index (χ1v) is 3.23. The van der Waals surface area contributed by atoms with Crippen molar-refractivity contribution in [2.24, 2.45) is 0 Å². The Bertz CT molecular complexity index is 238. The molecule has 1 aromatic rings. The number of aryl methyl sites for hydroxylation is 1. The number of pyridine rings is 1. The average Bonchev–Trinajstić information content (AvgIpc) is 1.86. The van der Waals surface area contributed by atoms with Gasteiger partial charge in [0, 0.05) is 12.3 Å². The van der Waals surface area contributed by atoms with Gasteiger partial charge in [0.25, 0.3) is 5.82 Å². The van der Waals surface area contributed by atoms with Gasteiger partial charge in [-0.05, 0) is 18.6 Å². The molecule has 0 aliphatic carbocycles. The standard InChI is InChI=1S/C7H10N2O2/c1-6-3-4-7(8-5-6)9(2,10)11/h3-5,10H,1-2H3. The molecule has 0 saturated heterocycles. The number of hydrogen-bond acceptors (Lipinski definition) is 3. The van der Waals surface area contributed by atoms with Crippen molar-refractivity contribution >= 4 is 5.82 Å². The van der Waals surface area contributed by atoms with Crippen LogP contribution in [0.2, 0.25) is 0 Å². The zero-order valence-electron chi connectivity index (χ0n) is 6.48. The predicted molar refractivity (Wildman–Crippen MR) is 41.8 cm³/mol. The van der Waals surface area contributed by atoms with Gasteiger partial charge in [0.2, 0.25) is 0 Å². The van der Waals surface area contributed by atoms with E-state index in [0.29, 0.717) is 0 Å². The third kappa shape index (κ3) is 1.98. The highest BCUT2D eigenvalue weighted by Crippen LogP contribution is 2.12. The maximum absolute atomic E-state index is 10.8. The Morgan fingerprint density at radius 1 is 1.55 bits per heavy atom. The molecule has 1 rings (SSSR count). The molecule has 0 aliphatic heterocycles. The highest BCUT2D eigenvalue weighted by Gasteiger charge is 2.10. The largest absolute Gasteiger partial charge is 0.592 e. The predicted octanol–water partition coefficient (Wildman–Crippen LogP) is 1.21. The van der Waals surface area contributed by atoms with Gasteiger partial charge in [-0.1, -0.05) is 0 Å². The Hall–Kier alpha value is -0.970. The number of quaternary nitrogens is 1. The van der Waals surface area contributed by atoms with Gasteiger partial charge < -0.3 is 5.21 Å². The Labute approximate surface area is 64.8 Å². The first kappa shape index (κ1) is 8.13. The normalized spacial score (nSPS) is 16.0. The fourth-order valence-corrected chi connectivity index (χ4v) is 0.705. The van der Waals surface area contributed by atoms with Gasteiger partial charge in [0.1, 0.15) is 7.05 Å². The van der Waals surface area contributed by atoms with E-state index in [2.05, 4.69) is 4.98 Å². The molecule has 1 unspecified atom stereocenters. The molecule has 4 heteroatoms. The minimum Gasteiger partial charge on any atom is -0.592 e. The summed E-state index contributed by atoms with van der Waals surface area (Å²) in [5.41, 5.74) is 0.960. The van der Waals surface area contributed by atoms with Gasteiger partial charge in [0.05, 0.1) is 0 Å². The second-order valence-corrected chi connectivity index (χ2v) is 2.57. The lowest BCUT2D eigenvalue weighted by atomic mass is 10.3. The first-order valence-electron chi connectivity index (χ1n) is 3.23. The van der Waals surface area contributed by atoms with E-state index in [0.717, 1.165) is 12.6 Å². The Morgan fingerprint density at radius 2 is 2.18 bits per heavy atom. The highest BCUT2D eigenvalue weighted by atomic mass is 16.8. The van der Waals surface area contributed by atoms with E-state index in [1.54, 1.807) is 12.3 Å². The quantitative estimate of drug-likeness (QED) is 0.488. The van der Waals surface area contributed by atoms with Crippen LogP contribution in [0.15, 0.2) is 18.3 Å². The van der Waals surface area contributed by atoms with Crippen molar-refractivity contribution in [3.8, 4) is 0 Å². The van der Waals surface area contributed by atoms with E-state index in [4.69, 9.17) is 5.21 Å². The zero-order valence-corrected chi connectivity index (χ0v) is 6.48. The minimum atomic E-state index is -1.47. The second kappa shape index (κ2) is 2.58. The molecular formula is C7H10N2O2. The van der Waals surface area contributed by atoms with Gasteiger partial charge in [-0.15, -0.1) is 0 Å². The maximum Gasteiger partial charge on any atom is 0.260 e. The lowest BCUT2D eigenvalue weighted by molar-refractivity contribution is -0.00788. The summed E-state index contributed by atoms with van der Waals surface area (Å²) in [6.07, 6.45) is 1.54. The summed E-state index contributed by atoms with van der Waals surface area (Å²) in [6, 6.07) is 3.23. The molecule has 0 spiro atoms. The first-order chi connectivity index (χ1) is 5.00. The van der Waals surface area contributed by atoms with Crippen molar-refractivity contribution in [3.63, 3.8) is 0 Å². The number of hydroxylamine groups is 2. The van der Waals surface area contributed by atoms with Crippen LogP contribution in [0.25, 0.3) is 0 Å². The van der Waals surface area contributed by atoms with Crippen LogP contribution in [0.3, 0.4) is 0 Å². The van der Waals surface area contributed by atoms with Gasteiger partial charge in [-0.25, -0.2) is 10.2 Å². The van der Waals surface area contributed by atoms with E-state index in [9.17, 15) is 5.21 Å². The van der Waals surface area contributed by atoms with E-state index < -0.39 is 4.81 Å². The molecular weight excluding hydrogens is 144 g/mol. The molecule has 0 aliphatic rings. The van der Waals surface area contributed by atoms with Gasteiger partial charge in [-0.3, -0.25) is 0 Å². The van der Waals surface area contributed by atoms with Crippen molar-refractivity contribution in [3.05, 3.63) is 29.1 Å². The number of aromatic nitrogens is 1. The molecule has 11 heavy (non-hydrogen) atoms. The lowest BCUT2D eigenvalue weighted by Crippen LogP contribution is -2.34. The average molecular weight is 154 g/mol. The summed E-state index contributed by atoms with van der Waals surface area (Å²) in [7, 11) is 1.11. The van der Waals surface area contributed by atoms with E-state index in [-0.39, 0.29) is 5.82 Å². The molecule has 1 heterocycles. The number of rotatable bonds is 1. The lowest BCUT2D eigenvalue weighted by Gasteiger charge is -2.26. The number of hydrogen-bond donors (Lipinski definition) is 1. The molecule has 0 amide bonds. The van der Waals surface area contributed by atoms with Crippen LogP contribution in [0, 0.1) is 12.1 Å². The third-order valence-electron chi connectivity index (χ3n) is 1.32. The molecule has 0 aromatic carbocycles. The van der Waals surface area contributed by atoms with Crippen LogP contribution in [0.4, 0.5) is 5.82 Å². The van der Waals surface area contributed by atoms with Crippen molar-refractivity contribution in [2.45, 2.75) is 6.92 Å². The summed E-state index contributed by atoms with van der Waals surface area (Å²) < 4.78 is 0. The summed E-state index contributed by atoms with van der Waals surface area (Å²) >= 11 is 0. The second-order valence-electron chi connectivity index (χ2n) is 2.57. The Balaban J connectivity index is 2.99. The van der Waals surface area contributed by atoms with Crippen LogP contribution in [0.5, 0.6) is 0 Å². The molecule has 0 fully saturated rings. The zero-order chi connectivity index (χ0) is 8.48. The third-order valence-corrected chi connectivity index (χ3v) is 1.32. The van der Waals surface area contributed by atoms with E-state index in [1.807, 2.05) is 6.92 Å². The van der Waals surface area contributed by atoms with Crippen LogP contribution in [-0.4, -0.2) is 17.2 Å². The fraction of sp³-hybridized carbons (Fsp3) is 0.286. The Kier molecular flexibility index (Phi) is 1.90. The monoisotopic (exact) mass is 154 g/mol. The molecule has 0 saturated carbocycles. The van der Waals surface area contributed by atoms with Crippen molar-refractivity contribution in [1.29, 1.82) is 0 Å². The van der Waals surface area contributed by atoms with Crippen molar-refractivity contribution in [2.75, 3.05) is 7.05 Å². The fourth-order valence-electron chi connectivity index (χ4n) is 0.705. The van der Waals surface area contributed by atoms with Crippen LogP contribution < -0.4 is 4.81 Å². The van der Waals surface area contributed by atoms with Gasteiger partial charge >= 0.3 is 0 Å². The van der Waals surface area contributed by atoms with E-state index in [1.165, 1.54) is 6.07 Å². The van der Waals surface area contributed by atoms with Crippen LogP contribution >= 0.6 is 0 Å². The highest BCUT2D eigenvalue weighted by molar-refractivity contribution is 5.32. The summed E-state index contributed by atoms with van der Waals surface area (Å²) in [6.45, 7) is 1.86. The number of nitrogens with zero attached hydrogens (tertiary/aromatic N) is 2. The SMILES string of the molecule is Cc1ccc([N+](C)([O-])O)nc1. The van der Waals surface area contributed by atoms with Crippen molar-refractivity contribution in [1.82, 2.24) is 9.79 Å². The van der Waals surface area contributed by atoms with Gasteiger partial charge in [0.15, 0.2) is 0 Å². The molecule has 60 valence electrons. The van der Waals surface area contributed by atoms with Crippen LogP contribution in [0.1, 0.15) is 5.56 Å². The molecule has 1 N–H and O–H groups in total. The smallest absolute Gasteiger partial charge is 0.260 e. The maximum atomic E-state index is 10.8. The van der Waals surface area contributed by atoms with E-state index >= 15 is 0 Å². The molecule has 0 bridgehead atoms. The van der Waals surface area contributed by atoms with Gasteiger partial charge in [-0.2, -0.15) is 4.81 Å². The molecule has 4 nitrogen and oxygen atoms in total. The Morgan fingerprint density at radius 3 is 2.55 bits per heavy atom. The van der Waals surface area contributed by atoms with Crippen LogP contribution in [-0.2, 0) is 0 Å². The molecule has 0 radical (unpaired) electrons. The molecule has 1 atom stereocenters. The molecule has 1 aromatic heterocycles. The minimum absolute atomic E-state index is 0.0931. The van der Waals surface area contributed by atoms with Crippen molar-refractivity contribution < 1.29 is 5.21 Å². The topological polar surface area (TPSA) is 56.2 Å². The summed E-state index contributed by atoms with van der Waals surface area (Å²) in [5.74, 6) is 0.0931. The summed E-state index contributed by atoms with van der Waals surface area (Å²) in [5, 5.41) is 19.7. The summed E-state index contributed by atoms with van der Waals surface area (Å²) in [4.78, 5) is 2.29.